The molecule has 0 unspecified atom stereocenters. The van der Waals surface area contributed by atoms with Crippen molar-refractivity contribution in [3.8, 4) is 5.75 Å². The largest absolute Gasteiger partial charge is 0.493 e. The van der Waals surface area contributed by atoms with E-state index in [0.717, 1.165) is 37.4 Å². The van der Waals surface area contributed by atoms with Gasteiger partial charge in [-0.3, -0.25) is 0 Å². The van der Waals surface area contributed by atoms with E-state index >= 15 is 0 Å². The van der Waals surface area contributed by atoms with Crippen LogP contribution in [0.5, 0.6) is 5.75 Å². The molecule has 130 valence electrons. The van der Waals surface area contributed by atoms with Gasteiger partial charge >= 0.3 is 0 Å². The molecule has 0 saturated carbocycles. The van der Waals surface area contributed by atoms with Crippen LogP contribution in [0.3, 0.4) is 0 Å². The summed E-state index contributed by atoms with van der Waals surface area (Å²) < 4.78 is 11.2. The maximum Gasteiger partial charge on any atom is 0.191 e. The lowest BCUT2D eigenvalue weighted by Crippen LogP contribution is -2.44. The van der Waals surface area contributed by atoms with E-state index in [0.29, 0.717) is 31.6 Å². The minimum atomic E-state index is 0. The zero-order valence-corrected chi connectivity index (χ0v) is 16.4. The molecule has 23 heavy (non-hydrogen) atoms. The van der Waals surface area contributed by atoms with Crippen molar-refractivity contribution in [2.75, 3.05) is 32.9 Å². The summed E-state index contributed by atoms with van der Waals surface area (Å²) in [7, 11) is 0. The molecule has 0 bridgehead atoms. The molecule has 5 nitrogen and oxygen atoms in total. The normalized spacial score (nSPS) is 15.4. The highest BCUT2D eigenvalue weighted by Crippen LogP contribution is 2.19. The summed E-state index contributed by atoms with van der Waals surface area (Å²) in [6.45, 7) is 8.71. The van der Waals surface area contributed by atoms with Crippen LogP contribution in [0.4, 0.5) is 0 Å². The SMILES string of the molecule is CC(C)CCOc1ccccc1CN=C(N)N1CCOCC1.I. The van der Waals surface area contributed by atoms with Crippen LogP contribution in [-0.2, 0) is 11.3 Å². The van der Waals surface area contributed by atoms with Gasteiger partial charge in [-0.2, -0.15) is 0 Å². The number of para-hydroxylation sites is 1. The van der Waals surface area contributed by atoms with Gasteiger partial charge < -0.3 is 20.1 Å². The Morgan fingerprint density at radius 3 is 2.70 bits per heavy atom. The van der Waals surface area contributed by atoms with E-state index in [2.05, 4.69) is 23.7 Å². The van der Waals surface area contributed by atoms with Gasteiger partial charge in [0, 0.05) is 18.7 Å². The first-order valence-corrected chi connectivity index (χ1v) is 8.00. The summed E-state index contributed by atoms with van der Waals surface area (Å²) in [5.41, 5.74) is 7.14. The van der Waals surface area contributed by atoms with E-state index in [-0.39, 0.29) is 24.0 Å². The number of halogens is 1. The van der Waals surface area contributed by atoms with Crippen molar-refractivity contribution >= 4 is 29.9 Å². The first-order chi connectivity index (χ1) is 10.7. The fourth-order valence-corrected chi connectivity index (χ4v) is 2.24. The first kappa shape index (κ1) is 20.0. The van der Waals surface area contributed by atoms with Gasteiger partial charge in [0.05, 0.1) is 26.4 Å². The Morgan fingerprint density at radius 2 is 2.00 bits per heavy atom. The molecule has 1 fully saturated rings. The number of aliphatic imine (C=N–C) groups is 1. The summed E-state index contributed by atoms with van der Waals surface area (Å²) in [5.74, 6) is 2.13. The molecule has 1 aromatic carbocycles. The van der Waals surface area contributed by atoms with Crippen LogP contribution in [0.2, 0.25) is 0 Å². The number of guanidine groups is 1. The van der Waals surface area contributed by atoms with Crippen LogP contribution in [0.15, 0.2) is 29.3 Å². The van der Waals surface area contributed by atoms with Crippen molar-refractivity contribution < 1.29 is 9.47 Å². The third-order valence-corrected chi connectivity index (χ3v) is 3.67. The van der Waals surface area contributed by atoms with Crippen molar-refractivity contribution in [3.05, 3.63) is 29.8 Å². The first-order valence-electron chi connectivity index (χ1n) is 8.00. The number of benzene rings is 1. The van der Waals surface area contributed by atoms with Gasteiger partial charge in [0.25, 0.3) is 0 Å². The zero-order valence-electron chi connectivity index (χ0n) is 14.0. The lowest BCUT2D eigenvalue weighted by Gasteiger charge is -2.27. The van der Waals surface area contributed by atoms with Gasteiger partial charge in [-0.05, 0) is 18.4 Å². The van der Waals surface area contributed by atoms with E-state index in [1.165, 1.54) is 0 Å². The smallest absolute Gasteiger partial charge is 0.191 e. The Hall–Kier alpha value is -1.02. The molecule has 6 heteroatoms. The molecule has 0 spiro atoms. The molecule has 0 atom stereocenters. The van der Waals surface area contributed by atoms with E-state index in [9.17, 15) is 0 Å². The van der Waals surface area contributed by atoms with Gasteiger partial charge in [0.1, 0.15) is 5.75 Å². The number of nitrogens with zero attached hydrogens (tertiary/aromatic N) is 2. The molecule has 2 rings (SSSR count). The lowest BCUT2D eigenvalue weighted by atomic mass is 10.1. The predicted molar refractivity (Wildman–Crippen MR) is 105 cm³/mol. The van der Waals surface area contributed by atoms with Crippen molar-refractivity contribution in [1.29, 1.82) is 0 Å². The third kappa shape index (κ3) is 6.95. The van der Waals surface area contributed by atoms with Gasteiger partial charge in [-0.25, -0.2) is 4.99 Å². The van der Waals surface area contributed by atoms with Crippen LogP contribution in [0, 0.1) is 5.92 Å². The second kappa shape index (κ2) is 10.7. The maximum atomic E-state index is 6.07. The second-order valence-electron chi connectivity index (χ2n) is 5.91. The van der Waals surface area contributed by atoms with Gasteiger partial charge in [0.15, 0.2) is 5.96 Å². The Kier molecular flexibility index (Phi) is 9.31. The van der Waals surface area contributed by atoms with Crippen LogP contribution >= 0.6 is 24.0 Å². The molecule has 0 amide bonds. The van der Waals surface area contributed by atoms with Crippen molar-refractivity contribution in [1.82, 2.24) is 4.90 Å². The molecule has 1 aromatic rings. The molecule has 2 N–H and O–H groups in total. The van der Waals surface area contributed by atoms with Crippen molar-refractivity contribution in [2.45, 2.75) is 26.8 Å². The Balaban J connectivity index is 0.00000264. The van der Waals surface area contributed by atoms with Crippen LogP contribution in [0.25, 0.3) is 0 Å². The monoisotopic (exact) mass is 433 g/mol. The highest BCUT2D eigenvalue weighted by Gasteiger charge is 2.12. The van der Waals surface area contributed by atoms with E-state index < -0.39 is 0 Å². The summed E-state index contributed by atoms with van der Waals surface area (Å²) in [5, 5.41) is 0. The van der Waals surface area contributed by atoms with Crippen LogP contribution in [-0.4, -0.2) is 43.8 Å². The third-order valence-electron chi connectivity index (χ3n) is 3.67. The molecule has 1 aliphatic rings. The molecular weight excluding hydrogens is 405 g/mol. The van der Waals surface area contributed by atoms with E-state index in [4.69, 9.17) is 15.2 Å². The summed E-state index contributed by atoms with van der Waals surface area (Å²) in [6, 6.07) is 8.03. The number of morpholine rings is 1. The van der Waals surface area contributed by atoms with Crippen molar-refractivity contribution in [3.63, 3.8) is 0 Å². The summed E-state index contributed by atoms with van der Waals surface area (Å²) >= 11 is 0. The predicted octanol–water partition coefficient (Wildman–Crippen LogP) is 2.88. The van der Waals surface area contributed by atoms with E-state index in [1.807, 2.05) is 24.3 Å². The number of rotatable bonds is 6. The van der Waals surface area contributed by atoms with Gasteiger partial charge in [-0.15, -0.1) is 24.0 Å². The average Bonchev–Trinajstić information content (AvgIpc) is 2.54. The Bertz CT molecular complexity index is 488. The minimum absolute atomic E-state index is 0. The molecule has 1 heterocycles. The van der Waals surface area contributed by atoms with E-state index in [1.54, 1.807) is 0 Å². The topological polar surface area (TPSA) is 60.1 Å². The Labute approximate surface area is 156 Å². The fraction of sp³-hybridized carbons (Fsp3) is 0.588. The summed E-state index contributed by atoms with van der Waals surface area (Å²) in [4.78, 5) is 6.57. The van der Waals surface area contributed by atoms with Crippen molar-refractivity contribution in [2.24, 2.45) is 16.6 Å². The molecule has 1 aliphatic heterocycles. The zero-order chi connectivity index (χ0) is 15.8. The highest BCUT2D eigenvalue weighted by molar-refractivity contribution is 14.0. The second-order valence-corrected chi connectivity index (χ2v) is 5.91. The quantitative estimate of drug-likeness (QED) is 0.426. The van der Waals surface area contributed by atoms with Crippen LogP contribution < -0.4 is 10.5 Å². The standard InChI is InChI=1S/C17H27N3O2.HI/c1-14(2)7-10-22-16-6-4-3-5-15(16)13-19-17(18)20-8-11-21-12-9-20;/h3-6,14H,7-13H2,1-2H3,(H2,18,19);1H. The lowest BCUT2D eigenvalue weighted by molar-refractivity contribution is 0.0674. The number of nitrogens with two attached hydrogens (primary N) is 1. The molecule has 0 radical (unpaired) electrons. The molecular formula is C17H28IN3O2. The van der Waals surface area contributed by atoms with Gasteiger partial charge in [0.2, 0.25) is 0 Å². The minimum Gasteiger partial charge on any atom is -0.493 e. The molecule has 1 saturated heterocycles. The summed E-state index contributed by atoms with van der Waals surface area (Å²) in [6.07, 6.45) is 1.05. The molecule has 0 aromatic heterocycles. The Morgan fingerprint density at radius 1 is 1.30 bits per heavy atom. The number of hydrogen-bond donors (Lipinski definition) is 1. The highest BCUT2D eigenvalue weighted by atomic mass is 127. The number of ether oxygens (including phenoxy) is 2. The molecule has 0 aliphatic carbocycles. The van der Waals surface area contributed by atoms with Gasteiger partial charge in [-0.1, -0.05) is 32.0 Å². The average molecular weight is 433 g/mol. The number of hydrogen-bond acceptors (Lipinski definition) is 3. The van der Waals surface area contributed by atoms with Crippen LogP contribution in [0.1, 0.15) is 25.8 Å². The maximum absolute atomic E-state index is 6.07. The fourth-order valence-electron chi connectivity index (χ4n) is 2.24.